The van der Waals surface area contributed by atoms with Crippen LogP contribution in [-0.2, 0) is 24.0 Å². The summed E-state index contributed by atoms with van der Waals surface area (Å²) in [5, 5.41) is 25.0. The summed E-state index contributed by atoms with van der Waals surface area (Å²) in [5.74, 6) is -4.03. The number of hydrogen-bond donors (Lipinski definition) is 6. The van der Waals surface area contributed by atoms with Gasteiger partial charge in [-0.25, -0.2) is 0 Å². The average Bonchev–Trinajstić information content (AvgIpc) is 2.66. The minimum absolute atomic E-state index is 0.0839. The van der Waals surface area contributed by atoms with Gasteiger partial charge in [-0.3, -0.25) is 24.0 Å². The molecular weight excluding hydrogens is 416 g/mol. The van der Waals surface area contributed by atoms with Crippen LogP contribution in [0.25, 0.3) is 0 Å². The van der Waals surface area contributed by atoms with E-state index in [1.807, 2.05) is 6.26 Å². The lowest BCUT2D eigenvalue weighted by Gasteiger charge is -2.26. The number of carbonyl (C=O) groups excluding carboxylic acids is 3. The zero-order chi connectivity index (χ0) is 23.4. The van der Waals surface area contributed by atoms with E-state index in [4.69, 9.17) is 15.9 Å². The van der Waals surface area contributed by atoms with Gasteiger partial charge in [0.25, 0.3) is 0 Å². The maximum absolute atomic E-state index is 12.7. The summed E-state index contributed by atoms with van der Waals surface area (Å²) >= 11 is 1.45. The third-order valence-corrected chi connectivity index (χ3v) is 4.87. The predicted molar refractivity (Wildman–Crippen MR) is 112 cm³/mol. The highest BCUT2D eigenvalue weighted by Gasteiger charge is 2.30. The highest BCUT2D eigenvalue weighted by molar-refractivity contribution is 7.98. The molecule has 0 spiro atoms. The van der Waals surface area contributed by atoms with E-state index in [1.165, 1.54) is 18.7 Å². The molecule has 30 heavy (non-hydrogen) atoms. The molecular formula is C18H32N4O7S. The molecule has 0 aliphatic heterocycles. The van der Waals surface area contributed by atoms with Crippen LogP contribution in [0.4, 0.5) is 0 Å². The SMILES string of the molecule is CSCCC(NC(=O)C(NC(=O)C(N)CCC(=O)O)C(C)C)C(=O)NC(C)C(=O)O. The van der Waals surface area contributed by atoms with Crippen molar-refractivity contribution in [3.8, 4) is 0 Å². The molecule has 0 aliphatic carbocycles. The third kappa shape index (κ3) is 10.4. The van der Waals surface area contributed by atoms with Crippen molar-refractivity contribution in [3.63, 3.8) is 0 Å². The standard InChI is InChI=1S/C18H32N4O7S/c1-9(2)14(22-15(25)11(19)5-6-13(23)24)17(27)21-12(7-8-30-4)16(26)20-10(3)18(28)29/h9-12,14H,5-8,19H2,1-4H3,(H,20,26)(H,21,27)(H,22,25)(H,23,24)(H,28,29). The average molecular weight is 449 g/mol. The first-order chi connectivity index (χ1) is 13.9. The minimum atomic E-state index is -1.21. The van der Waals surface area contributed by atoms with Crippen LogP contribution in [0.1, 0.15) is 40.0 Å². The maximum atomic E-state index is 12.7. The zero-order valence-electron chi connectivity index (χ0n) is 17.6. The molecule has 0 radical (unpaired) electrons. The van der Waals surface area contributed by atoms with E-state index in [0.29, 0.717) is 5.75 Å². The van der Waals surface area contributed by atoms with Crippen LogP contribution in [0.2, 0.25) is 0 Å². The Morgan fingerprint density at radius 3 is 1.97 bits per heavy atom. The van der Waals surface area contributed by atoms with Crippen LogP contribution < -0.4 is 21.7 Å². The summed E-state index contributed by atoms with van der Waals surface area (Å²) < 4.78 is 0. The van der Waals surface area contributed by atoms with Gasteiger partial charge in [0.05, 0.1) is 6.04 Å². The molecule has 172 valence electrons. The van der Waals surface area contributed by atoms with Gasteiger partial charge in [-0.15, -0.1) is 0 Å². The normalized spacial score (nSPS) is 14.9. The molecule has 4 atom stereocenters. The Bertz CT molecular complexity index is 630. The van der Waals surface area contributed by atoms with Crippen molar-refractivity contribution in [2.75, 3.05) is 12.0 Å². The number of amides is 3. The first-order valence-corrected chi connectivity index (χ1v) is 10.9. The molecule has 0 aromatic heterocycles. The number of thioether (sulfide) groups is 1. The molecule has 11 nitrogen and oxygen atoms in total. The van der Waals surface area contributed by atoms with E-state index >= 15 is 0 Å². The van der Waals surface area contributed by atoms with Crippen LogP contribution in [0.5, 0.6) is 0 Å². The Morgan fingerprint density at radius 2 is 1.50 bits per heavy atom. The van der Waals surface area contributed by atoms with Crippen molar-refractivity contribution >= 4 is 41.4 Å². The van der Waals surface area contributed by atoms with Crippen molar-refractivity contribution in [1.29, 1.82) is 0 Å². The molecule has 3 amide bonds. The highest BCUT2D eigenvalue weighted by Crippen LogP contribution is 2.07. The van der Waals surface area contributed by atoms with Crippen LogP contribution in [-0.4, -0.2) is 76.0 Å². The van der Waals surface area contributed by atoms with E-state index in [1.54, 1.807) is 13.8 Å². The zero-order valence-corrected chi connectivity index (χ0v) is 18.5. The van der Waals surface area contributed by atoms with Crippen LogP contribution in [0.15, 0.2) is 0 Å². The second-order valence-corrected chi connectivity index (χ2v) is 8.17. The van der Waals surface area contributed by atoms with Gasteiger partial charge in [-0.2, -0.15) is 11.8 Å². The number of nitrogens with one attached hydrogen (secondary N) is 3. The van der Waals surface area contributed by atoms with Crippen LogP contribution in [0.3, 0.4) is 0 Å². The predicted octanol–water partition coefficient (Wildman–Crippen LogP) is -0.853. The fourth-order valence-electron chi connectivity index (χ4n) is 2.35. The molecule has 7 N–H and O–H groups in total. The largest absolute Gasteiger partial charge is 0.481 e. The number of rotatable bonds is 14. The van der Waals surface area contributed by atoms with Crippen molar-refractivity contribution < 1.29 is 34.2 Å². The number of carboxylic acids is 2. The molecule has 0 aliphatic rings. The number of nitrogens with two attached hydrogens (primary N) is 1. The lowest BCUT2D eigenvalue weighted by Crippen LogP contribution is -2.58. The Balaban J connectivity index is 5.18. The minimum Gasteiger partial charge on any atom is -0.481 e. The topological polar surface area (TPSA) is 188 Å². The summed E-state index contributed by atoms with van der Waals surface area (Å²) in [6.07, 6.45) is 1.72. The van der Waals surface area contributed by atoms with Crippen molar-refractivity contribution in [3.05, 3.63) is 0 Å². The van der Waals surface area contributed by atoms with Gasteiger partial charge in [0.2, 0.25) is 17.7 Å². The molecule has 4 unspecified atom stereocenters. The lowest BCUT2D eigenvalue weighted by atomic mass is 10.0. The van der Waals surface area contributed by atoms with Gasteiger partial charge in [-0.05, 0) is 37.7 Å². The molecule has 0 heterocycles. The lowest BCUT2D eigenvalue weighted by molar-refractivity contribution is -0.142. The van der Waals surface area contributed by atoms with E-state index in [2.05, 4.69) is 16.0 Å². The molecule has 0 aromatic carbocycles. The quantitative estimate of drug-likeness (QED) is 0.197. The van der Waals surface area contributed by atoms with Crippen LogP contribution >= 0.6 is 11.8 Å². The molecule has 0 fully saturated rings. The fraction of sp³-hybridized carbons (Fsp3) is 0.722. The summed E-state index contributed by atoms with van der Waals surface area (Å²) in [7, 11) is 0. The summed E-state index contributed by atoms with van der Waals surface area (Å²) in [6, 6.07) is -4.21. The summed E-state index contributed by atoms with van der Waals surface area (Å²) in [5.41, 5.74) is 5.68. The van der Waals surface area contributed by atoms with Gasteiger partial charge in [-0.1, -0.05) is 13.8 Å². The number of carbonyl (C=O) groups is 5. The van der Waals surface area contributed by atoms with E-state index in [-0.39, 0.29) is 25.2 Å². The smallest absolute Gasteiger partial charge is 0.325 e. The van der Waals surface area contributed by atoms with Gasteiger partial charge in [0.1, 0.15) is 18.1 Å². The van der Waals surface area contributed by atoms with Crippen molar-refractivity contribution in [2.45, 2.75) is 64.2 Å². The Kier molecular flexibility index (Phi) is 12.7. The fourth-order valence-corrected chi connectivity index (χ4v) is 2.82. The van der Waals surface area contributed by atoms with E-state index in [9.17, 15) is 24.0 Å². The van der Waals surface area contributed by atoms with Gasteiger partial charge >= 0.3 is 11.9 Å². The molecule has 0 aromatic rings. The number of aliphatic carboxylic acids is 2. The summed E-state index contributed by atoms with van der Waals surface area (Å²) in [4.78, 5) is 59.0. The van der Waals surface area contributed by atoms with E-state index in [0.717, 1.165) is 0 Å². The Morgan fingerprint density at radius 1 is 0.900 bits per heavy atom. The van der Waals surface area contributed by atoms with E-state index < -0.39 is 53.8 Å². The van der Waals surface area contributed by atoms with Crippen molar-refractivity contribution in [1.82, 2.24) is 16.0 Å². The Hall–Kier alpha value is -2.34. The third-order valence-electron chi connectivity index (χ3n) is 4.23. The van der Waals surface area contributed by atoms with Gasteiger partial charge in [0, 0.05) is 6.42 Å². The summed E-state index contributed by atoms with van der Waals surface area (Å²) in [6.45, 7) is 4.69. The number of hydrogen-bond acceptors (Lipinski definition) is 7. The Labute approximate surface area is 179 Å². The second-order valence-electron chi connectivity index (χ2n) is 7.18. The van der Waals surface area contributed by atoms with Gasteiger partial charge in [0.15, 0.2) is 0 Å². The highest BCUT2D eigenvalue weighted by atomic mass is 32.2. The van der Waals surface area contributed by atoms with Crippen molar-refractivity contribution in [2.24, 2.45) is 11.7 Å². The van der Waals surface area contributed by atoms with Gasteiger partial charge < -0.3 is 31.9 Å². The maximum Gasteiger partial charge on any atom is 0.325 e. The molecule has 0 saturated carbocycles. The second kappa shape index (κ2) is 13.8. The molecule has 12 heteroatoms. The van der Waals surface area contributed by atoms with Crippen LogP contribution in [0, 0.1) is 5.92 Å². The monoisotopic (exact) mass is 448 g/mol. The number of carboxylic acid groups (broad SMARTS) is 2. The molecule has 0 rings (SSSR count). The first kappa shape index (κ1) is 27.7. The first-order valence-electron chi connectivity index (χ1n) is 9.50. The molecule has 0 bridgehead atoms. The molecule has 0 saturated heterocycles.